The Hall–Kier alpha value is -1.16. The summed E-state index contributed by atoms with van der Waals surface area (Å²) in [7, 11) is 0. The molecule has 3 rings (SSSR count). The predicted octanol–water partition coefficient (Wildman–Crippen LogP) is 3.24. The van der Waals surface area contributed by atoms with Gasteiger partial charge in [-0.1, -0.05) is 35.0 Å². The van der Waals surface area contributed by atoms with Crippen LogP contribution in [0.15, 0.2) is 30.5 Å². The smallest absolute Gasteiger partial charge is 0.147 e. The zero-order valence-electron chi connectivity index (χ0n) is 10.4. The number of hydrogen-bond donors (Lipinski definition) is 0. The van der Waals surface area contributed by atoms with Gasteiger partial charge in [-0.3, -0.25) is 4.98 Å². The van der Waals surface area contributed by atoms with E-state index in [0.717, 1.165) is 36.4 Å². The first kappa shape index (κ1) is 11.9. The van der Waals surface area contributed by atoms with E-state index in [0.29, 0.717) is 10.7 Å². The first-order valence-electron chi connectivity index (χ1n) is 6.35. The van der Waals surface area contributed by atoms with E-state index < -0.39 is 0 Å². The molecule has 2 unspecified atom stereocenters. The van der Waals surface area contributed by atoms with E-state index in [2.05, 4.69) is 32.7 Å². The lowest BCUT2D eigenvalue weighted by Crippen LogP contribution is -2.40. The second kappa shape index (κ2) is 4.84. The fourth-order valence-corrected chi connectivity index (χ4v) is 2.80. The Kier molecular flexibility index (Phi) is 3.20. The summed E-state index contributed by atoms with van der Waals surface area (Å²) in [5, 5.41) is 0. The van der Waals surface area contributed by atoms with Crippen molar-refractivity contribution in [1.82, 2.24) is 9.97 Å². The number of benzene rings is 1. The van der Waals surface area contributed by atoms with Gasteiger partial charge in [0, 0.05) is 17.9 Å². The summed E-state index contributed by atoms with van der Waals surface area (Å²) in [5.74, 6) is 1.65. The number of rotatable bonds is 1. The minimum atomic E-state index is 0.627. The number of fused-ring (bicyclic) bond motifs is 1. The molecule has 1 aromatic carbocycles. The molecular formula is C14H16BrN3. The number of nitrogens with zero attached hydrogens (tertiary/aromatic N) is 3. The Bertz CT molecular complexity index is 557. The van der Waals surface area contributed by atoms with Crippen molar-refractivity contribution in [1.29, 1.82) is 0 Å². The van der Waals surface area contributed by atoms with Crippen molar-refractivity contribution in [3.63, 3.8) is 0 Å². The first-order chi connectivity index (χ1) is 8.74. The third-order valence-electron chi connectivity index (χ3n) is 3.56. The highest BCUT2D eigenvalue weighted by Crippen LogP contribution is 2.26. The van der Waals surface area contributed by atoms with Gasteiger partial charge in [-0.25, -0.2) is 4.98 Å². The van der Waals surface area contributed by atoms with Crippen LogP contribution < -0.4 is 4.90 Å². The number of alkyl halides is 1. The lowest BCUT2D eigenvalue weighted by Gasteiger charge is -2.34. The molecular weight excluding hydrogens is 290 g/mol. The van der Waals surface area contributed by atoms with Gasteiger partial charge in [-0.05, 0) is 24.5 Å². The van der Waals surface area contributed by atoms with E-state index in [9.17, 15) is 0 Å². The van der Waals surface area contributed by atoms with Gasteiger partial charge in [-0.2, -0.15) is 0 Å². The molecule has 0 N–H and O–H groups in total. The molecule has 0 spiro atoms. The fourth-order valence-electron chi connectivity index (χ4n) is 2.42. The van der Waals surface area contributed by atoms with Crippen LogP contribution in [0.5, 0.6) is 0 Å². The van der Waals surface area contributed by atoms with Crippen LogP contribution in [-0.2, 0) is 0 Å². The maximum atomic E-state index is 4.71. The molecule has 18 heavy (non-hydrogen) atoms. The number of piperidine rings is 1. The molecule has 0 saturated carbocycles. The number of aromatic nitrogens is 2. The van der Waals surface area contributed by atoms with Crippen molar-refractivity contribution in [2.24, 2.45) is 5.92 Å². The molecule has 2 heterocycles. The summed E-state index contributed by atoms with van der Waals surface area (Å²) in [5.41, 5.74) is 1.94. The zero-order chi connectivity index (χ0) is 12.5. The topological polar surface area (TPSA) is 29.0 Å². The number of hydrogen-bond acceptors (Lipinski definition) is 3. The highest BCUT2D eigenvalue weighted by molar-refractivity contribution is 9.09. The molecule has 1 saturated heterocycles. The quantitative estimate of drug-likeness (QED) is 0.757. The summed E-state index contributed by atoms with van der Waals surface area (Å²) >= 11 is 3.73. The second-order valence-electron chi connectivity index (χ2n) is 4.94. The third kappa shape index (κ3) is 2.21. The van der Waals surface area contributed by atoms with Crippen LogP contribution in [0, 0.1) is 5.92 Å². The van der Waals surface area contributed by atoms with Crippen LogP contribution in [0.1, 0.15) is 13.3 Å². The largest absolute Gasteiger partial charge is 0.355 e. The predicted molar refractivity (Wildman–Crippen MR) is 78.2 cm³/mol. The van der Waals surface area contributed by atoms with Gasteiger partial charge in [0.05, 0.1) is 17.2 Å². The van der Waals surface area contributed by atoms with E-state index in [-0.39, 0.29) is 0 Å². The van der Waals surface area contributed by atoms with Crippen molar-refractivity contribution in [2.75, 3.05) is 18.0 Å². The van der Waals surface area contributed by atoms with E-state index in [1.807, 2.05) is 30.5 Å². The normalized spacial score (nSPS) is 24.4. The van der Waals surface area contributed by atoms with Crippen molar-refractivity contribution in [2.45, 2.75) is 18.2 Å². The van der Waals surface area contributed by atoms with Crippen LogP contribution in [0.2, 0.25) is 0 Å². The van der Waals surface area contributed by atoms with Crippen LogP contribution in [0.25, 0.3) is 11.0 Å². The SMILES string of the molecule is CC1CN(c2cnc3ccccc3n2)CCC1Br. The van der Waals surface area contributed by atoms with Gasteiger partial charge in [0.2, 0.25) is 0 Å². The monoisotopic (exact) mass is 305 g/mol. The third-order valence-corrected chi connectivity index (χ3v) is 4.92. The lowest BCUT2D eigenvalue weighted by atomic mass is 10.0. The number of halogens is 1. The van der Waals surface area contributed by atoms with Crippen LogP contribution in [0.3, 0.4) is 0 Å². The molecule has 3 nitrogen and oxygen atoms in total. The average Bonchev–Trinajstić information content (AvgIpc) is 2.41. The Balaban J connectivity index is 1.90. The summed E-state index contributed by atoms with van der Waals surface area (Å²) < 4.78 is 0. The molecule has 2 atom stereocenters. The van der Waals surface area contributed by atoms with Crippen molar-refractivity contribution in [3.05, 3.63) is 30.5 Å². The first-order valence-corrected chi connectivity index (χ1v) is 7.26. The molecule has 1 aliphatic rings. The van der Waals surface area contributed by atoms with E-state index >= 15 is 0 Å². The van der Waals surface area contributed by atoms with E-state index in [1.165, 1.54) is 0 Å². The lowest BCUT2D eigenvalue weighted by molar-refractivity contribution is 0.464. The van der Waals surface area contributed by atoms with Gasteiger partial charge in [0.25, 0.3) is 0 Å². The van der Waals surface area contributed by atoms with Gasteiger partial charge < -0.3 is 4.90 Å². The van der Waals surface area contributed by atoms with Gasteiger partial charge in [-0.15, -0.1) is 0 Å². The Labute approximate surface area is 115 Å². The molecule has 2 aromatic rings. The minimum Gasteiger partial charge on any atom is -0.355 e. The molecule has 1 aromatic heterocycles. The molecule has 0 aliphatic carbocycles. The molecule has 94 valence electrons. The number of anilines is 1. The fraction of sp³-hybridized carbons (Fsp3) is 0.429. The van der Waals surface area contributed by atoms with E-state index in [1.54, 1.807) is 0 Å². The molecule has 0 amide bonds. The Morgan fingerprint density at radius 1 is 1.28 bits per heavy atom. The summed E-state index contributed by atoms with van der Waals surface area (Å²) in [6.07, 6.45) is 3.05. The molecule has 4 heteroatoms. The maximum absolute atomic E-state index is 4.71. The Morgan fingerprint density at radius 2 is 2.06 bits per heavy atom. The second-order valence-corrected chi connectivity index (χ2v) is 6.12. The van der Waals surface area contributed by atoms with Crippen molar-refractivity contribution >= 4 is 32.8 Å². The maximum Gasteiger partial charge on any atom is 0.147 e. The minimum absolute atomic E-state index is 0.627. The Morgan fingerprint density at radius 3 is 2.83 bits per heavy atom. The van der Waals surface area contributed by atoms with Crippen molar-refractivity contribution < 1.29 is 0 Å². The van der Waals surface area contributed by atoms with Crippen LogP contribution in [-0.4, -0.2) is 27.9 Å². The van der Waals surface area contributed by atoms with Crippen molar-refractivity contribution in [3.8, 4) is 0 Å². The molecule has 0 radical (unpaired) electrons. The van der Waals surface area contributed by atoms with E-state index in [4.69, 9.17) is 4.98 Å². The van der Waals surface area contributed by atoms with Gasteiger partial charge in [0.1, 0.15) is 5.82 Å². The van der Waals surface area contributed by atoms with Crippen LogP contribution >= 0.6 is 15.9 Å². The average molecular weight is 306 g/mol. The van der Waals surface area contributed by atoms with Crippen LogP contribution in [0.4, 0.5) is 5.82 Å². The van der Waals surface area contributed by atoms with Gasteiger partial charge >= 0.3 is 0 Å². The summed E-state index contributed by atoms with van der Waals surface area (Å²) in [6.45, 7) is 4.37. The standard InChI is InChI=1S/C14H16BrN3/c1-10-9-18(7-6-11(10)15)14-8-16-12-4-2-3-5-13(12)17-14/h2-5,8,10-11H,6-7,9H2,1H3. The summed E-state index contributed by atoms with van der Waals surface area (Å²) in [4.78, 5) is 12.2. The highest BCUT2D eigenvalue weighted by atomic mass is 79.9. The number of para-hydroxylation sites is 2. The van der Waals surface area contributed by atoms with Gasteiger partial charge in [0.15, 0.2) is 0 Å². The zero-order valence-corrected chi connectivity index (χ0v) is 12.0. The summed E-state index contributed by atoms with van der Waals surface area (Å²) in [6, 6.07) is 8.02. The molecule has 1 fully saturated rings. The molecule has 0 bridgehead atoms. The highest BCUT2D eigenvalue weighted by Gasteiger charge is 2.24. The molecule has 1 aliphatic heterocycles.